The van der Waals surface area contributed by atoms with E-state index in [2.05, 4.69) is 0 Å². The Balaban J connectivity index is 0.00000289. The molecule has 4 N–H and O–H groups in total. The molecule has 1 amide bonds. The molecule has 0 bridgehead atoms. The van der Waals surface area contributed by atoms with Gasteiger partial charge in [0.25, 0.3) is 10.2 Å². The normalized spacial score (nSPS) is 21.0. The zero-order valence-electron chi connectivity index (χ0n) is 10.6. The first-order chi connectivity index (χ1) is 7.73. The highest BCUT2D eigenvalue weighted by atomic mass is 35.5. The van der Waals surface area contributed by atoms with Gasteiger partial charge in [0, 0.05) is 32.2 Å². The van der Waals surface area contributed by atoms with Gasteiger partial charge < -0.3 is 10.6 Å². The first-order valence-electron chi connectivity index (χ1n) is 5.55. The fourth-order valence-corrected chi connectivity index (χ4v) is 2.35. The van der Waals surface area contributed by atoms with E-state index in [1.165, 1.54) is 4.31 Å². The second-order valence-electron chi connectivity index (χ2n) is 4.42. The first kappa shape index (κ1) is 17.6. The third kappa shape index (κ3) is 4.36. The zero-order chi connectivity index (χ0) is 13.2. The minimum atomic E-state index is -3.64. The van der Waals surface area contributed by atoms with Crippen molar-refractivity contribution < 1.29 is 13.2 Å². The van der Waals surface area contributed by atoms with Crippen LogP contribution in [0.25, 0.3) is 0 Å². The van der Waals surface area contributed by atoms with Crippen molar-refractivity contribution in [3.63, 3.8) is 0 Å². The molecule has 1 aliphatic heterocycles. The van der Waals surface area contributed by atoms with Crippen LogP contribution >= 0.6 is 12.4 Å². The Bertz CT molecular complexity index is 379. The van der Waals surface area contributed by atoms with Gasteiger partial charge in [-0.15, -0.1) is 12.4 Å². The Hall–Kier alpha value is -0.410. The number of nitrogens with two attached hydrogens (primary N) is 2. The highest BCUT2D eigenvalue weighted by molar-refractivity contribution is 7.86. The summed E-state index contributed by atoms with van der Waals surface area (Å²) in [6.45, 7) is 4.79. The SMILES string of the molecule is CC(N)C(C)C(=O)N1CCN(S(N)(=O)=O)CC1.Cl. The molecule has 9 heteroatoms. The number of carbonyl (C=O) groups is 1. The number of carbonyl (C=O) groups excluding carboxylic acids is 1. The van der Waals surface area contributed by atoms with Gasteiger partial charge in [0.15, 0.2) is 0 Å². The Labute approximate surface area is 114 Å². The minimum Gasteiger partial charge on any atom is -0.340 e. The summed E-state index contributed by atoms with van der Waals surface area (Å²) in [5.74, 6) is -0.287. The van der Waals surface area contributed by atoms with Crippen LogP contribution in [0.4, 0.5) is 0 Å². The predicted molar refractivity (Wildman–Crippen MR) is 71.3 cm³/mol. The largest absolute Gasteiger partial charge is 0.340 e. The third-order valence-electron chi connectivity index (χ3n) is 3.09. The molecule has 2 atom stereocenters. The molecule has 0 saturated carbocycles. The summed E-state index contributed by atoms with van der Waals surface area (Å²) < 4.78 is 23.3. The first-order valence-corrected chi connectivity index (χ1v) is 7.06. The van der Waals surface area contributed by atoms with Crippen LogP contribution in [0.5, 0.6) is 0 Å². The van der Waals surface area contributed by atoms with Crippen LogP contribution in [-0.4, -0.2) is 55.8 Å². The standard InChI is InChI=1S/C9H20N4O3S.ClH/c1-7(8(2)10)9(14)12-3-5-13(6-4-12)17(11,15)16;/h7-8H,3-6,10H2,1-2H3,(H2,11,15,16);1H. The minimum absolute atomic E-state index is 0. The lowest BCUT2D eigenvalue weighted by Gasteiger charge is -2.34. The van der Waals surface area contributed by atoms with Crippen molar-refractivity contribution in [2.24, 2.45) is 16.8 Å². The number of piperazine rings is 1. The van der Waals surface area contributed by atoms with Crippen molar-refractivity contribution in [2.75, 3.05) is 26.2 Å². The lowest BCUT2D eigenvalue weighted by atomic mass is 10.0. The topological polar surface area (TPSA) is 110 Å². The summed E-state index contributed by atoms with van der Waals surface area (Å²) in [6.07, 6.45) is 0. The van der Waals surface area contributed by atoms with Gasteiger partial charge in [-0.1, -0.05) is 6.92 Å². The molecule has 1 heterocycles. The third-order valence-corrected chi connectivity index (χ3v) is 4.17. The van der Waals surface area contributed by atoms with Crippen LogP contribution in [0.15, 0.2) is 0 Å². The summed E-state index contributed by atoms with van der Waals surface area (Å²) in [5, 5.41) is 5.01. The molecule has 7 nitrogen and oxygen atoms in total. The summed E-state index contributed by atoms with van der Waals surface area (Å²) in [6, 6.07) is -0.209. The van der Waals surface area contributed by atoms with E-state index >= 15 is 0 Å². The smallest absolute Gasteiger partial charge is 0.277 e. The van der Waals surface area contributed by atoms with Gasteiger partial charge in [-0.2, -0.15) is 12.7 Å². The van der Waals surface area contributed by atoms with Gasteiger partial charge in [-0.3, -0.25) is 4.79 Å². The van der Waals surface area contributed by atoms with Crippen molar-refractivity contribution in [3.05, 3.63) is 0 Å². The maximum atomic E-state index is 11.9. The fraction of sp³-hybridized carbons (Fsp3) is 0.889. The molecule has 0 aromatic heterocycles. The molecule has 0 aromatic rings. The van der Waals surface area contributed by atoms with E-state index < -0.39 is 10.2 Å². The highest BCUT2D eigenvalue weighted by Gasteiger charge is 2.29. The van der Waals surface area contributed by atoms with E-state index in [1.54, 1.807) is 18.7 Å². The molecule has 1 rings (SSSR count). The Morgan fingerprint density at radius 1 is 1.17 bits per heavy atom. The number of hydrogen-bond acceptors (Lipinski definition) is 4. The summed E-state index contributed by atoms with van der Waals surface area (Å²) in [5.41, 5.74) is 5.67. The summed E-state index contributed by atoms with van der Waals surface area (Å²) in [7, 11) is -3.64. The molecule has 2 unspecified atom stereocenters. The molecular formula is C9H21ClN4O3S. The van der Waals surface area contributed by atoms with E-state index in [0.717, 1.165) is 0 Å². The average molecular weight is 301 g/mol. The number of halogens is 1. The predicted octanol–water partition coefficient (Wildman–Crippen LogP) is -1.26. The molecule has 1 saturated heterocycles. The van der Waals surface area contributed by atoms with Gasteiger partial charge in [0.05, 0.1) is 5.92 Å². The molecule has 1 fully saturated rings. The molecule has 1 aliphatic rings. The lowest BCUT2D eigenvalue weighted by Crippen LogP contribution is -2.54. The van der Waals surface area contributed by atoms with Crippen LogP contribution in [0.2, 0.25) is 0 Å². The van der Waals surface area contributed by atoms with Crippen LogP contribution in [0.1, 0.15) is 13.8 Å². The second-order valence-corrected chi connectivity index (χ2v) is 5.96. The van der Waals surface area contributed by atoms with Crippen molar-refractivity contribution in [3.8, 4) is 0 Å². The van der Waals surface area contributed by atoms with Crippen molar-refractivity contribution in [1.29, 1.82) is 0 Å². The monoisotopic (exact) mass is 300 g/mol. The molecule has 0 radical (unpaired) electrons. The van der Waals surface area contributed by atoms with E-state index in [4.69, 9.17) is 10.9 Å². The van der Waals surface area contributed by atoms with Gasteiger partial charge in [0.2, 0.25) is 5.91 Å². The molecule has 18 heavy (non-hydrogen) atoms. The molecule has 0 aliphatic carbocycles. The number of nitrogens with zero attached hydrogens (tertiary/aromatic N) is 2. The van der Waals surface area contributed by atoms with E-state index in [1.807, 2.05) is 0 Å². The Kier molecular flexibility index (Phi) is 6.52. The quantitative estimate of drug-likeness (QED) is 0.678. The van der Waals surface area contributed by atoms with Gasteiger partial charge in [-0.05, 0) is 6.92 Å². The van der Waals surface area contributed by atoms with Crippen LogP contribution < -0.4 is 10.9 Å². The van der Waals surface area contributed by atoms with E-state index in [9.17, 15) is 13.2 Å². The second kappa shape index (κ2) is 6.67. The molecular weight excluding hydrogens is 280 g/mol. The Morgan fingerprint density at radius 3 is 1.94 bits per heavy atom. The van der Waals surface area contributed by atoms with Crippen molar-refractivity contribution in [1.82, 2.24) is 9.21 Å². The summed E-state index contributed by atoms with van der Waals surface area (Å²) >= 11 is 0. The van der Waals surface area contributed by atoms with Crippen LogP contribution in [0, 0.1) is 5.92 Å². The average Bonchev–Trinajstić information content (AvgIpc) is 2.26. The maximum absolute atomic E-state index is 11.9. The highest BCUT2D eigenvalue weighted by Crippen LogP contribution is 2.10. The van der Waals surface area contributed by atoms with Gasteiger partial charge in [-0.25, -0.2) is 5.14 Å². The maximum Gasteiger partial charge on any atom is 0.277 e. The van der Waals surface area contributed by atoms with E-state index in [0.29, 0.717) is 13.1 Å². The van der Waals surface area contributed by atoms with Gasteiger partial charge in [0.1, 0.15) is 0 Å². The zero-order valence-corrected chi connectivity index (χ0v) is 12.2. The van der Waals surface area contributed by atoms with Crippen LogP contribution in [0.3, 0.4) is 0 Å². The van der Waals surface area contributed by atoms with Crippen molar-refractivity contribution >= 4 is 28.5 Å². The number of amides is 1. The number of rotatable bonds is 3. The Morgan fingerprint density at radius 2 is 1.61 bits per heavy atom. The molecule has 0 spiro atoms. The lowest BCUT2D eigenvalue weighted by molar-refractivity contribution is -0.136. The van der Waals surface area contributed by atoms with Gasteiger partial charge >= 0.3 is 0 Å². The van der Waals surface area contributed by atoms with Crippen LogP contribution in [-0.2, 0) is 15.0 Å². The van der Waals surface area contributed by atoms with Crippen molar-refractivity contribution in [2.45, 2.75) is 19.9 Å². The molecule has 108 valence electrons. The summed E-state index contributed by atoms with van der Waals surface area (Å²) in [4.78, 5) is 13.6. The fourth-order valence-electron chi connectivity index (χ4n) is 1.68. The van der Waals surface area contributed by atoms with E-state index in [-0.39, 0.29) is 43.4 Å². The molecule has 0 aromatic carbocycles. The number of hydrogen-bond donors (Lipinski definition) is 2.